The number of H-pyrrole nitrogens is 1. The Balaban J connectivity index is 2.15. The van der Waals surface area contributed by atoms with Crippen molar-refractivity contribution < 1.29 is 4.79 Å². The summed E-state index contributed by atoms with van der Waals surface area (Å²) in [6, 6.07) is 0. The van der Waals surface area contributed by atoms with E-state index in [2.05, 4.69) is 9.97 Å². The van der Waals surface area contributed by atoms with Crippen molar-refractivity contribution in [3.05, 3.63) is 16.7 Å². The average molecular weight is 185 g/mol. The molecule has 0 amide bonds. The van der Waals surface area contributed by atoms with Crippen LogP contribution in [0, 0.1) is 5.92 Å². The number of halogens is 1. The van der Waals surface area contributed by atoms with Crippen molar-refractivity contribution in [2.45, 2.75) is 19.3 Å². The van der Waals surface area contributed by atoms with Gasteiger partial charge in [0, 0.05) is 6.42 Å². The Morgan fingerprint density at radius 3 is 2.92 bits per heavy atom. The molecule has 1 aliphatic carbocycles. The van der Waals surface area contributed by atoms with Gasteiger partial charge in [-0.2, -0.15) is 0 Å². The highest BCUT2D eigenvalue weighted by molar-refractivity contribution is 6.31. The Hall–Kier alpha value is -0.830. The zero-order valence-corrected chi connectivity index (χ0v) is 7.27. The molecular weight excluding hydrogens is 176 g/mol. The molecule has 1 N–H and O–H groups in total. The Labute approximate surface area is 75.1 Å². The second-order valence-corrected chi connectivity index (χ2v) is 3.51. The van der Waals surface area contributed by atoms with Crippen molar-refractivity contribution in [2.75, 3.05) is 0 Å². The fourth-order valence-electron chi connectivity index (χ4n) is 1.18. The summed E-state index contributed by atoms with van der Waals surface area (Å²) in [4.78, 5) is 17.3. The van der Waals surface area contributed by atoms with Crippen molar-refractivity contribution in [1.29, 1.82) is 0 Å². The predicted molar refractivity (Wildman–Crippen MR) is 45.4 cm³/mol. The first-order valence-electron chi connectivity index (χ1n) is 3.99. The summed E-state index contributed by atoms with van der Waals surface area (Å²) in [6.45, 7) is 0. The lowest BCUT2D eigenvalue weighted by Gasteiger charge is -1.89. The van der Waals surface area contributed by atoms with Gasteiger partial charge in [0.2, 0.25) is 0 Å². The second kappa shape index (κ2) is 2.90. The molecule has 0 radical (unpaired) electrons. The van der Waals surface area contributed by atoms with E-state index in [-0.39, 0.29) is 0 Å². The molecule has 0 atom stereocenters. The fourth-order valence-corrected chi connectivity index (χ4v) is 1.38. The number of nitrogens with zero attached hydrogens (tertiary/aromatic N) is 1. The number of aromatic amines is 1. The van der Waals surface area contributed by atoms with E-state index in [0.29, 0.717) is 17.1 Å². The molecule has 4 heteroatoms. The maximum atomic E-state index is 10.4. The van der Waals surface area contributed by atoms with Crippen molar-refractivity contribution in [1.82, 2.24) is 9.97 Å². The van der Waals surface area contributed by atoms with Crippen molar-refractivity contribution in [2.24, 2.45) is 5.92 Å². The summed E-state index contributed by atoms with van der Waals surface area (Å²) in [6.07, 6.45) is 4.17. The van der Waals surface area contributed by atoms with Crippen molar-refractivity contribution in [3.8, 4) is 0 Å². The Morgan fingerprint density at radius 2 is 2.42 bits per heavy atom. The minimum Gasteiger partial charge on any atom is -0.339 e. The Kier molecular flexibility index (Phi) is 1.89. The molecule has 0 saturated heterocycles. The van der Waals surface area contributed by atoms with E-state index in [4.69, 9.17) is 11.6 Å². The SMILES string of the molecule is O=Cc1[nH]c(CC2CC2)nc1Cl. The normalized spacial score (nSPS) is 16.4. The highest BCUT2D eigenvalue weighted by Crippen LogP contribution is 2.32. The third-order valence-corrected chi connectivity index (χ3v) is 2.32. The molecule has 1 fully saturated rings. The van der Waals surface area contributed by atoms with Crippen LogP contribution in [0.3, 0.4) is 0 Å². The summed E-state index contributed by atoms with van der Waals surface area (Å²) in [5.41, 5.74) is 0.396. The van der Waals surface area contributed by atoms with Gasteiger partial charge in [0.1, 0.15) is 11.5 Å². The molecule has 1 heterocycles. The number of rotatable bonds is 3. The minimum atomic E-state index is 0.292. The molecule has 64 valence electrons. The van der Waals surface area contributed by atoms with E-state index >= 15 is 0 Å². The zero-order chi connectivity index (χ0) is 8.55. The van der Waals surface area contributed by atoms with Crippen LogP contribution in [0.4, 0.5) is 0 Å². The maximum Gasteiger partial charge on any atom is 0.169 e. The zero-order valence-electron chi connectivity index (χ0n) is 6.51. The van der Waals surface area contributed by atoms with Gasteiger partial charge in [-0.1, -0.05) is 11.6 Å². The fraction of sp³-hybridized carbons (Fsp3) is 0.500. The van der Waals surface area contributed by atoms with Crippen LogP contribution in [0.15, 0.2) is 0 Å². The topological polar surface area (TPSA) is 45.8 Å². The molecule has 1 aromatic rings. The second-order valence-electron chi connectivity index (χ2n) is 3.15. The number of hydrogen-bond acceptors (Lipinski definition) is 2. The molecule has 0 unspecified atom stereocenters. The first kappa shape index (κ1) is 7.80. The van der Waals surface area contributed by atoms with E-state index in [1.807, 2.05) is 0 Å². The number of carbonyl (C=O) groups excluding carboxylic acids is 1. The highest BCUT2D eigenvalue weighted by atomic mass is 35.5. The number of nitrogens with one attached hydrogen (secondary N) is 1. The largest absolute Gasteiger partial charge is 0.339 e. The lowest BCUT2D eigenvalue weighted by atomic mass is 10.3. The lowest BCUT2D eigenvalue weighted by molar-refractivity contribution is 0.111. The molecule has 0 spiro atoms. The molecule has 0 bridgehead atoms. The molecule has 1 saturated carbocycles. The molecule has 1 aliphatic rings. The van der Waals surface area contributed by atoms with Crippen LogP contribution in [0.25, 0.3) is 0 Å². The van der Waals surface area contributed by atoms with Crippen molar-refractivity contribution >= 4 is 17.9 Å². The van der Waals surface area contributed by atoms with Gasteiger partial charge in [-0.3, -0.25) is 4.79 Å². The molecule has 12 heavy (non-hydrogen) atoms. The Bertz CT molecular complexity index is 304. The molecular formula is C8H9ClN2O. The number of aromatic nitrogens is 2. The summed E-state index contributed by atoms with van der Waals surface area (Å²) >= 11 is 5.68. The third kappa shape index (κ3) is 1.50. The average Bonchev–Trinajstić information content (AvgIpc) is 2.76. The van der Waals surface area contributed by atoms with Crippen molar-refractivity contribution in [3.63, 3.8) is 0 Å². The molecule has 2 rings (SSSR count). The number of imidazole rings is 1. The van der Waals surface area contributed by atoms with Crippen LogP contribution < -0.4 is 0 Å². The maximum absolute atomic E-state index is 10.4. The van der Waals surface area contributed by atoms with Crippen LogP contribution in [-0.4, -0.2) is 16.3 Å². The molecule has 1 aromatic heterocycles. The van der Waals surface area contributed by atoms with E-state index in [1.54, 1.807) is 0 Å². The van der Waals surface area contributed by atoms with E-state index in [1.165, 1.54) is 12.8 Å². The van der Waals surface area contributed by atoms with E-state index in [9.17, 15) is 4.79 Å². The van der Waals surface area contributed by atoms with E-state index in [0.717, 1.165) is 18.2 Å². The lowest BCUT2D eigenvalue weighted by Crippen LogP contribution is -1.89. The molecule has 0 aliphatic heterocycles. The molecule has 0 aromatic carbocycles. The number of carbonyl (C=O) groups is 1. The monoisotopic (exact) mass is 184 g/mol. The first-order valence-corrected chi connectivity index (χ1v) is 4.37. The van der Waals surface area contributed by atoms with Gasteiger partial charge < -0.3 is 4.98 Å². The van der Waals surface area contributed by atoms with Crippen LogP contribution in [0.1, 0.15) is 29.2 Å². The third-order valence-electron chi connectivity index (χ3n) is 2.03. The molecule has 3 nitrogen and oxygen atoms in total. The summed E-state index contributed by atoms with van der Waals surface area (Å²) < 4.78 is 0. The Morgan fingerprint density at radius 1 is 1.67 bits per heavy atom. The van der Waals surface area contributed by atoms with Gasteiger partial charge in [-0.25, -0.2) is 4.98 Å². The quantitative estimate of drug-likeness (QED) is 0.729. The van der Waals surface area contributed by atoms with Gasteiger partial charge in [-0.05, 0) is 18.8 Å². The van der Waals surface area contributed by atoms with Crippen LogP contribution in [0.2, 0.25) is 5.15 Å². The van der Waals surface area contributed by atoms with Crippen LogP contribution >= 0.6 is 11.6 Å². The summed E-state index contributed by atoms with van der Waals surface area (Å²) in [5, 5.41) is 0.292. The number of hydrogen-bond donors (Lipinski definition) is 1. The van der Waals surface area contributed by atoms with E-state index < -0.39 is 0 Å². The van der Waals surface area contributed by atoms with Crippen LogP contribution in [-0.2, 0) is 6.42 Å². The number of aldehydes is 1. The standard InChI is InChI=1S/C8H9ClN2O/c9-8-6(4-12)10-7(11-8)3-5-1-2-5/h4-5H,1-3H2,(H,10,11). The summed E-state index contributed by atoms with van der Waals surface area (Å²) in [7, 11) is 0. The predicted octanol–water partition coefficient (Wildman–Crippen LogP) is 1.83. The van der Waals surface area contributed by atoms with Gasteiger partial charge in [0.25, 0.3) is 0 Å². The van der Waals surface area contributed by atoms with Gasteiger partial charge in [-0.15, -0.1) is 0 Å². The van der Waals surface area contributed by atoms with Gasteiger partial charge in [0.05, 0.1) is 0 Å². The smallest absolute Gasteiger partial charge is 0.169 e. The van der Waals surface area contributed by atoms with Gasteiger partial charge in [0.15, 0.2) is 11.4 Å². The highest BCUT2D eigenvalue weighted by Gasteiger charge is 2.23. The first-order chi connectivity index (χ1) is 5.79. The summed E-state index contributed by atoms with van der Waals surface area (Å²) in [5.74, 6) is 1.59. The van der Waals surface area contributed by atoms with Gasteiger partial charge >= 0.3 is 0 Å². The minimum absolute atomic E-state index is 0.292. The van der Waals surface area contributed by atoms with Crippen LogP contribution in [0.5, 0.6) is 0 Å².